The predicted octanol–water partition coefficient (Wildman–Crippen LogP) is 1.52. The lowest BCUT2D eigenvalue weighted by Gasteiger charge is -2.10. The molecule has 8 heteroatoms. The number of benzene rings is 1. The summed E-state index contributed by atoms with van der Waals surface area (Å²) in [4.78, 5) is 0. The Balaban J connectivity index is 2.64. The molecular weight excluding hydrogens is 281 g/mol. The summed E-state index contributed by atoms with van der Waals surface area (Å²) in [6, 6.07) is 6.64. The van der Waals surface area contributed by atoms with Gasteiger partial charge in [-0.25, -0.2) is 13.1 Å². The van der Waals surface area contributed by atoms with E-state index >= 15 is 0 Å². The molecule has 0 fully saturated rings. The van der Waals surface area contributed by atoms with Gasteiger partial charge in [-0.05, 0) is 11.1 Å². The molecule has 0 heterocycles. The van der Waals surface area contributed by atoms with Gasteiger partial charge in [0, 0.05) is 13.1 Å². The maximum absolute atomic E-state index is 11.9. The molecule has 0 amide bonds. The quantitative estimate of drug-likeness (QED) is 0.836. The third-order valence-corrected chi connectivity index (χ3v) is 3.75. The molecule has 1 aromatic carbocycles. The lowest BCUT2D eigenvalue weighted by atomic mass is 10.1. The molecule has 0 aromatic heterocycles. The van der Waals surface area contributed by atoms with Gasteiger partial charge in [0.2, 0.25) is 10.0 Å². The number of nitrogens with one attached hydrogen (secondary N) is 1. The van der Waals surface area contributed by atoms with Crippen LogP contribution in [-0.4, -0.2) is 21.1 Å². The highest BCUT2D eigenvalue weighted by Crippen LogP contribution is 2.18. The van der Waals surface area contributed by atoms with Gasteiger partial charge in [0.05, 0.1) is 12.2 Å². The lowest BCUT2D eigenvalue weighted by Crippen LogP contribution is -2.29. The maximum atomic E-state index is 11.9. The van der Waals surface area contributed by atoms with E-state index < -0.39 is 29.2 Å². The molecule has 0 spiro atoms. The fraction of sp³-hybridized carbons (Fsp3) is 0.455. The molecule has 0 radical (unpaired) electrons. The van der Waals surface area contributed by atoms with Crippen LogP contribution in [0.15, 0.2) is 24.3 Å². The zero-order valence-electron chi connectivity index (χ0n) is 10.1. The summed E-state index contributed by atoms with van der Waals surface area (Å²) >= 11 is 0. The van der Waals surface area contributed by atoms with Crippen LogP contribution in [0.4, 0.5) is 13.2 Å². The zero-order chi connectivity index (χ0) is 14.5. The molecule has 1 rings (SSSR count). The van der Waals surface area contributed by atoms with Crippen molar-refractivity contribution in [3.8, 4) is 0 Å². The summed E-state index contributed by atoms with van der Waals surface area (Å²) < 4.78 is 61.0. The van der Waals surface area contributed by atoms with E-state index in [1.807, 2.05) is 4.72 Å². The van der Waals surface area contributed by atoms with E-state index in [1.165, 1.54) is 0 Å². The summed E-state index contributed by atoms with van der Waals surface area (Å²) in [5.41, 5.74) is 6.61. The van der Waals surface area contributed by atoms with Crippen molar-refractivity contribution in [1.82, 2.24) is 4.72 Å². The Morgan fingerprint density at radius 2 is 1.74 bits per heavy atom. The molecule has 19 heavy (non-hydrogen) atoms. The van der Waals surface area contributed by atoms with Crippen molar-refractivity contribution < 1.29 is 21.6 Å². The molecule has 0 bridgehead atoms. The van der Waals surface area contributed by atoms with Crippen LogP contribution >= 0.6 is 0 Å². The monoisotopic (exact) mass is 296 g/mol. The largest absolute Gasteiger partial charge is 0.390 e. The Morgan fingerprint density at radius 3 is 2.26 bits per heavy atom. The molecule has 0 saturated carbocycles. The van der Waals surface area contributed by atoms with Crippen molar-refractivity contribution in [2.75, 3.05) is 6.54 Å². The van der Waals surface area contributed by atoms with Gasteiger partial charge in [0.15, 0.2) is 0 Å². The highest BCUT2D eigenvalue weighted by atomic mass is 32.2. The van der Waals surface area contributed by atoms with Gasteiger partial charge in [0.25, 0.3) is 0 Å². The molecule has 3 N–H and O–H groups in total. The van der Waals surface area contributed by atoms with Crippen LogP contribution in [-0.2, 0) is 22.3 Å². The molecule has 4 nitrogen and oxygen atoms in total. The second-order valence-corrected chi connectivity index (χ2v) is 5.80. The van der Waals surface area contributed by atoms with Crippen LogP contribution in [0.5, 0.6) is 0 Å². The normalized spacial score (nSPS) is 12.6. The average molecular weight is 296 g/mol. The van der Waals surface area contributed by atoms with Crippen molar-refractivity contribution in [2.45, 2.75) is 24.9 Å². The Morgan fingerprint density at radius 1 is 1.16 bits per heavy atom. The Hall–Kier alpha value is -1.12. The minimum atomic E-state index is -4.38. The highest BCUT2D eigenvalue weighted by molar-refractivity contribution is 7.88. The molecule has 0 saturated heterocycles. The summed E-state index contributed by atoms with van der Waals surface area (Å²) in [5, 5.41) is 0. The summed E-state index contributed by atoms with van der Waals surface area (Å²) in [5.74, 6) is -0.377. The van der Waals surface area contributed by atoms with Crippen LogP contribution < -0.4 is 10.5 Å². The van der Waals surface area contributed by atoms with Crippen molar-refractivity contribution in [3.63, 3.8) is 0 Å². The van der Waals surface area contributed by atoms with Gasteiger partial charge >= 0.3 is 6.18 Å². The van der Waals surface area contributed by atoms with Crippen molar-refractivity contribution in [3.05, 3.63) is 35.4 Å². The molecule has 0 atom stereocenters. The van der Waals surface area contributed by atoms with E-state index in [2.05, 4.69) is 0 Å². The van der Waals surface area contributed by atoms with Gasteiger partial charge in [-0.1, -0.05) is 24.3 Å². The van der Waals surface area contributed by atoms with Gasteiger partial charge in [0.1, 0.15) is 0 Å². The number of halogens is 3. The standard InChI is InChI=1S/C11H15F3N2O2S/c12-11(13,14)5-6-16-19(17,18)8-10-4-2-1-3-9(10)7-15/h1-4,16H,5-8,15H2. The number of nitrogens with two attached hydrogens (primary N) is 1. The van der Waals surface area contributed by atoms with Gasteiger partial charge in [-0.15, -0.1) is 0 Å². The third kappa shape index (κ3) is 6.04. The number of sulfonamides is 1. The van der Waals surface area contributed by atoms with Crippen LogP contribution in [0.3, 0.4) is 0 Å². The molecular formula is C11H15F3N2O2S. The van der Waals surface area contributed by atoms with Crippen LogP contribution in [0, 0.1) is 0 Å². The predicted molar refractivity (Wildman–Crippen MR) is 65.6 cm³/mol. The SMILES string of the molecule is NCc1ccccc1CS(=O)(=O)NCCC(F)(F)F. The molecule has 1 aromatic rings. The van der Waals surface area contributed by atoms with E-state index in [1.54, 1.807) is 24.3 Å². The maximum Gasteiger partial charge on any atom is 0.390 e. The fourth-order valence-electron chi connectivity index (χ4n) is 1.50. The van der Waals surface area contributed by atoms with Crippen LogP contribution in [0.25, 0.3) is 0 Å². The Kier molecular flexibility index (Phi) is 5.33. The molecule has 0 aliphatic heterocycles. The second kappa shape index (κ2) is 6.36. The van der Waals surface area contributed by atoms with E-state index in [4.69, 9.17) is 5.73 Å². The van der Waals surface area contributed by atoms with Gasteiger partial charge in [-0.2, -0.15) is 13.2 Å². The Labute approximate surface area is 109 Å². The van der Waals surface area contributed by atoms with Gasteiger partial charge < -0.3 is 5.73 Å². The first-order chi connectivity index (χ1) is 8.73. The van der Waals surface area contributed by atoms with E-state index in [0.717, 1.165) is 0 Å². The van der Waals surface area contributed by atoms with Crippen molar-refractivity contribution in [2.24, 2.45) is 5.73 Å². The molecule has 0 unspecified atom stereocenters. The van der Waals surface area contributed by atoms with Crippen LogP contribution in [0.2, 0.25) is 0 Å². The second-order valence-electron chi connectivity index (χ2n) is 3.99. The van der Waals surface area contributed by atoms with Crippen LogP contribution in [0.1, 0.15) is 17.5 Å². The summed E-state index contributed by atoms with van der Waals surface area (Å²) in [7, 11) is -3.80. The number of hydrogen-bond acceptors (Lipinski definition) is 3. The van der Waals surface area contributed by atoms with E-state index in [0.29, 0.717) is 11.1 Å². The minimum absolute atomic E-state index is 0.175. The smallest absolute Gasteiger partial charge is 0.326 e. The first kappa shape index (κ1) is 15.9. The Bertz CT molecular complexity index is 515. The van der Waals surface area contributed by atoms with Gasteiger partial charge in [-0.3, -0.25) is 0 Å². The average Bonchev–Trinajstić information content (AvgIpc) is 2.27. The van der Waals surface area contributed by atoms with Crippen molar-refractivity contribution in [1.29, 1.82) is 0 Å². The fourth-order valence-corrected chi connectivity index (χ4v) is 2.71. The third-order valence-electron chi connectivity index (χ3n) is 2.41. The first-order valence-corrected chi connectivity index (χ1v) is 7.20. The number of hydrogen-bond donors (Lipinski definition) is 2. The zero-order valence-corrected chi connectivity index (χ0v) is 10.9. The molecule has 0 aliphatic rings. The number of rotatable bonds is 6. The highest BCUT2D eigenvalue weighted by Gasteiger charge is 2.27. The van der Waals surface area contributed by atoms with E-state index in [9.17, 15) is 21.6 Å². The van der Waals surface area contributed by atoms with E-state index in [-0.39, 0.29) is 12.3 Å². The van der Waals surface area contributed by atoms with Crippen molar-refractivity contribution >= 4 is 10.0 Å². The number of alkyl halides is 3. The molecule has 0 aliphatic carbocycles. The molecule has 108 valence electrons. The lowest BCUT2D eigenvalue weighted by molar-refractivity contribution is -0.132. The topological polar surface area (TPSA) is 72.2 Å². The first-order valence-electron chi connectivity index (χ1n) is 5.54. The minimum Gasteiger partial charge on any atom is -0.326 e. The summed E-state index contributed by atoms with van der Waals surface area (Å²) in [6.07, 6.45) is -5.57. The summed E-state index contributed by atoms with van der Waals surface area (Å²) in [6.45, 7) is -0.481.